The van der Waals surface area contributed by atoms with Crippen molar-refractivity contribution in [2.24, 2.45) is 0 Å². The zero-order valence-corrected chi connectivity index (χ0v) is 6.95. The number of benzene rings is 1. The fourth-order valence-electron chi connectivity index (χ4n) is 0.993. The first-order chi connectivity index (χ1) is 5.38. The topological polar surface area (TPSA) is 46.0 Å². The Morgan fingerprint density at radius 3 is 2.67 bits per heavy atom. The summed E-state index contributed by atoms with van der Waals surface area (Å²) in [5, 5.41) is 17.5. The third-order valence-corrected chi connectivity index (χ3v) is 1.53. The van der Waals surface area contributed by atoms with Gasteiger partial charge in [-0.2, -0.15) is 10.2 Å². The van der Waals surface area contributed by atoms with Crippen molar-refractivity contribution in [2.75, 3.05) is 0 Å². The smallest absolute Gasteiger partial charge is 0.145 e. The maximum absolute atomic E-state index is 9.27. The first-order valence-corrected chi connectivity index (χ1v) is 3.27. The van der Waals surface area contributed by atoms with E-state index in [1.807, 2.05) is 18.2 Å². The van der Waals surface area contributed by atoms with Gasteiger partial charge >= 0.3 is 0 Å². The van der Waals surface area contributed by atoms with Crippen LogP contribution in [0.15, 0.2) is 30.5 Å². The fraction of sp³-hybridized carbons (Fsp3) is 0. The maximum Gasteiger partial charge on any atom is 0.145 e. The predicted octanol–water partition coefficient (Wildman–Crippen LogP) is 1.76. The van der Waals surface area contributed by atoms with E-state index in [0.717, 1.165) is 5.39 Å². The standard InChI is InChI=1S/C8H6N2O.ClH/c11-8-5-9-10-7-4-2-1-3-6(7)8;/h1-5H,(H,10,11);1H. The van der Waals surface area contributed by atoms with E-state index >= 15 is 0 Å². The molecule has 0 aliphatic rings. The zero-order chi connectivity index (χ0) is 7.68. The molecular formula is C8H7ClN2O. The van der Waals surface area contributed by atoms with E-state index in [0.29, 0.717) is 5.52 Å². The monoisotopic (exact) mass is 182 g/mol. The van der Waals surface area contributed by atoms with Gasteiger partial charge in [-0.1, -0.05) is 12.1 Å². The lowest BCUT2D eigenvalue weighted by Gasteiger charge is -1.95. The van der Waals surface area contributed by atoms with Crippen molar-refractivity contribution in [3.8, 4) is 5.75 Å². The van der Waals surface area contributed by atoms with Gasteiger partial charge in [-0.3, -0.25) is 0 Å². The quantitative estimate of drug-likeness (QED) is 0.675. The van der Waals surface area contributed by atoms with Crippen molar-refractivity contribution in [3.63, 3.8) is 0 Å². The number of hydrogen-bond acceptors (Lipinski definition) is 3. The normalized spacial score (nSPS) is 9.33. The van der Waals surface area contributed by atoms with Gasteiger partial charge in [0.05, 0.1) is 11.7 Å². The molecular weight excluding hydrogens is 176 g/mol. The average molecular weight is 183 g/mol. The number of hydrogen-bond donors (Lipinski definition) is 1. The van der Waals surface area contributed by atoms with Gasteiger partial charge in [0.2, 0.25) is 0 Å². The SMILES string of the molecule is Cl.Oc1cnnc2ccccc12. The molecule has 1 heterocycles. The second-order valence-electron chi connectivity index (χ2n) is 2.25. The summed E-state index contributed by atoms with van der Waals surface area (Å²) in [7, 11) is 0. The van der Waals surface area contributed by atoms with Crippen LogP contribution in [0.3, 0.4) is 0 Å². The molecule has 1 N–H and O–H groups in total. The molecule has 0 amide bonds. The third-order valence-electron chi connectivity index (χ3n) is 1.53. The Bertz CT molecular complexity index is 386. The number of rotatable bonds is 0. The molecule has 0 atom stereocenters. The van der Waals surface area contributed by atoms with Gasteiger partial charge in [0.1, 0.15) is 5.75 Å². The van der Waals surface area contributed by atoms with Gasteiger partial charge < -0.3 is 5.11 Å². The third kappa shape index (κ3) is 1.31. The van der Waals surface area contributed by atoms with Gasteiger partial charge in [0.25, 0.3) is 0 Å². The summed E-state index contributed by atoms with van der Waals surface area (Å²) in [5.74, 6) is 0.176. The van der Waals surface area contributed by atoms with Crippen LogP contribution in [0.1, 0.15) is 0 Å². The molecule has 0 aliphatic carbocycles. The molecule has 0 bridgehead atoms. The second kappa shape index (κ2) is 3.36. The molecule has 2 aromatic rings. The molecule has 0 fully saturated rings. The first kappa shape index (κ1) is 8.74. The van der Waals surface area contributed by atoms with Gasteiger partial charge in [0.15, 0.2) is 0 Å². The molecule has 0 radical (unpaired) electrons. The van der Waals surface area contributed by atoms with Crippen LogP contribution in [0.5, 0.6) is 5.75 Å². The van der Waals surface area contributed by atoms with Crippen LogP contribution in [0.2, 0.25) is 0 Å². The molecule has 4 heteroatoms. The van der Waals surface area contributed by atoms with Crippen LogP contribution in [-0.4, -0.2) is 15.3 Å². The van der Waals surface area contributed by atoms with Gasteiger partial charge in [-0.05, 0) is 12.1 Å². The van der Waals surface area contributed by atoms with E-state index in [2.05, 4.69) is 10.2 Å². The number of fused-ring (bicyclic) bond motifs is 1. The van der Waals surface area contributed by atoms with Crippen molar-refractivity contribution in [1.82, 2.24) is 10.2 Å². The number of halogens is 1. The van der Waals surface area contributed by atoms with Gasteiger partial charge in [-0.25, -0.2) is 0 Å². The maximum atomic E-state index is 9.27. The fourth-order valence-corrected chi connectivity index (χ4v) is 0.993. The zero-order valence-electron chi connectivity index (χ0n) is 6.14. The van der Waals surface area contributed by atoms with Crippen LogP contribution in [0, 0.1) is 0 Å². The molecule has 62 valence electrons. The van der Waals surface area contributed by atoms with Crippen molar-refractivity contribution >= 4 is 23.3 Å². The summed E-state index contributed by atoms with van der Waals surface area (Å²) < 4.78 is 0. The Balaban J connectivity index is 0.000000720. The summed E-state index contributed by atoms with van der Waals surface area (Å²) in [6.07, 6.45) is 1.34. The predicted molar refractivity (Wildman–Crippen MR) is 48.5 cm³/mol. The van der Waals surface area contributed by atoms with Crippen LogP contribution >= 0.6 is 12.4 Å². The number of aromatic hydroxyl groups is 1. The Morgan fingerprint density at radius 2 is 1.92 bits per heavy atom. The van der Waals surface area contributed by atoms with E-state index < -0.39 is 0 Å². The van der Waals surface area contributed by atoms with Crippen LogP contribution in [-0.2, 0) is 0 Å². The lowest BCUT2D eigenvalue weighted by atomic mass is 10.2. The summed E-state index contributed by atoms with van der Waals surface area (Å²) in [6.45, 7) is 0. The number of nitrogens with zero attached hydrogens (tertiary/aromatic N) is 2. The van der Waals surface area contributed by atoms with Crippen molar-refractivity contribution in [2.45, 2.75) is 0 Å². The van der Waals surface area contributed by atoms with Gasteiger partial charge in [0, 0.05) is 5.39 Å². The minimum atomic E-state index is 0. The molecule has 3 nitrogen and oxygen atoms in total. The highest BCUT2D eigenvalue weighted by atomic mass is 35.5. The van der Waals surface area contributed by atoms with Crippen LogP contribution < -0.4 is 0 Å². The van der Waals surface area contributed by atoms with E-state index in [9.17, 15) is 5.11 Å². The minimum Gasteiger partial charge on any atom is -0.506 e. The second-order valence-corrected chi connectivity index (χ2v) is 2.25. The highest BCUT2D eigenvalue weighted by molar-refractivity contribution is 5.85. The average Bonchev–Trinajstić information content (AvgIpc) is 2.06. The Labute approximate surface area is 75.5 Å². The highest BCUT2D eigenvalue weighted by Crippen LogP contribution is 2.19. The Morgan fingerprint density at radius 1 is 1.17 bits per heavy atom. The first-order valence-electron chi connectivity index (χ1n) is 3.27. The van der Waals surface area contributed by atoms with Crippen LogP contribution in [0.4, 0.5) is 0 Å². The van der Waals surface area contributed by atoms with E-state index in [4.69, 9.17) is 0 Å². The molecule has 12 heavy (non-hydrogen) atoms. The molecule has 0 unspecified atom stereocenters. The molecule has 0 aliphatic heterocycles. The molecule has 0 saturated heterocycles. The van der Waals surface area contributed by atoms with Crippen molar-refractivity contribution < 1.29 is 5.11 Å². The lowest BCUT2D eigenvalue weighted by Crippen LogP contribution is -1.81. The number of aromatic nitrogens is 2. The van der Waals surface area contributed by atoms with E-state index in [-0.39, 0.29) is 18.2 Å². The highest BCUT2D eigenvalue weighted by Gasteiger charge is 1.97. The van der Waals surface area contributed by atoms with Gasteiger partial charge in [-0.15, -0.1) is 12.4 Å². The molecule has 1 aromatic heterocycles. The van der Waals surface area contributed by atoms with E-state index in [1.54, 1.807) is 6.07 Å². The Kier molecular flexibility index (Phi) is 2.45. The molecule has 0 saturated carbocycles. The summed E-state index contributed by atoms with van der Waals surface area (Å²) >= 11 is 0. The van der Waals surface area contributed by atoms with Crippen molar-refractivity contribution in [1.29, 1.82) is 0 Å². The van der Waals surface area contributed by atoms with Crippen molar-refractivity contribution in [3.05, 3.63) is 30.5 Å². The summed E-state index contributed by atoms with van der Waals surface area (Å²) in [4.78, 5) is 0. The Hall–Kier alpha value is -1.35. The minimum absolute atomic E-state index is 0. The summed E-state index contributed by atoms with van der Waals surface area (Å²) in [5.41, 5.74) is 0.715. The molecule has 1 aromatic carbocycles. The largest absolute Gasteiger partial charge is 0.506 e. The molecule has 0 spiro atoms. The van der Waals surface area contributed by atoms with Crippen LogP contribution in [0.25, 0.3) is 10.9 Å². The molecule has 2 rings (SSSR count). The lowest BCUT2D eigenvalue weighted by molar-refractivity contribution is 0.478. The summed E-state index contributed by atoms with van der Waals surface area (Å²) in [6, 6.07) is 7.32. The van der Waals surface area contributed by atoms with E-state index in [1.165, 1.54) is 6.20 Å².